The van der Waals surface area contributed by atoms with Crippen molar-refractivity contribution >= 4 is 27.5 Å². The molecular weight excluding hydrogens is 349 g/mol. The van der Waals surface area contributed by atoms with Crippen LogP contribution in [-0.2, 0) is 11.0 Å². The van der Waals surface area contributed by atoms with Crippen LogP contribution in [0.3, 0.4) is 0 Å². The first-order valence-electron chi connectivity index (χ1n) is 6.41. The van der Waals surface area contributed by atoms with Gasteiger partial charge < -0.3 is 10.6 Å². The molecule has 0 aliphatic rings. The second kappa shape index (κ2) is 6.68. The molecule has 0 unspecified atom stereocenters. The van der Waals surface area contributed by atoms with Crippen LogP contribution < -0.4 is 10.6 Å². The maximum Gasteiger partial charge on any atom is 0.418 e. The summed E-state index contributed by atoms with van der Waals surface area (Å²) < 4.78 is 39.0. The van der Waals surface area contributed by atoms with Crippen LogP contribution in [0, 0.1) is 0 Å². The van der Waals surface area contributed by atoms with Crippen LogP contribution in [0.5, 0.6) is 0 Å². The SMILES string of the molecule is CC(C)(C)NC(=O)CCNc1ccc(Br)cc1C(F)(F)F. The Hall–Kier alpha value is -1.24. The van der Waals surface area contributed by atoms with Gasteiger partial charge in [0, 0.05) is 28.7 Å². The minimum absolute atomic E-state index is 0.0331. The first kappa shape index (κ1) is 17.8. The maximum atomic E-state index is 12.9. The first-order chi connectivity index (χ1) is 9.49. The van der Waals surface area contributed by atoms with E-state index < -0.39 is 11.7 Å². The lowest BCUT2D eigenvalue weighted by molar-refractivity contribution is -0.137. The maximum absolute atomic E-state index is 12.9. The molecule has 0 radical (unpaired) electrons. The van der Waals surface area contributed by atoms with Gasteiger partial charge in [-0.2, -0.15) is 13.2 Å². The third kappa shape index (κ3) is 6.37. The molecule has 1 aromatic carbocycles. The zero-order valence-electron chi connectivity index (χ0n) is 12.1. The summed E-state index contributed by atoms with van der Waals surface area (Å²) in [6.45, 7) is 5.66. The number of carbonyl (C=O) groups is 1. The molecule has 0 heterocycles. The summed E-state index contributed by atoms with van der Waals surface area (Å²) in [5.74, 6) is -0.208. The summed E-state index contributed by atoms with van der Waals surface area (Å²) in [4.78, 5) is 11.6. The van der Waals surface area contributed by atoms with E-state index in [-0.39, 0.29) is 30.1 Å². The highest BCUT2D eigenvalue weighted by molar-refractivity contribution is 9.10. The number of halogens is 4. The smallest absolute Gasteiger partial charge is 0.384 e. The number of hydrogen-bond donors (Lipinski definition) is 2. The molecule has 1 aromatic rings. The van der Waals surface area contributed by atoms with Gasteiger partial charge in [-0.15, -0.1) is 0 Å². The van der Waals surface area contributed by atoms with Crippen LogP contribution in [0.25, 0.3) is 0 Å². The van der Waals surface area contributed by atoms with Gasteiger partial charge in [0.2, 0.25) is 5.91 Å². The fourth-order valence-electron chi connectivity index (χ4n) is 1.70. The molecular formula is C14H18BrF3N2O. The van der Waals surface area contributed by atoms with Crippen LogP contribution >= 0.6 is 15.9 Å². The lowest BCUT2D eigenvalue weighted by Gasteiger charge is -2.21. The third-order valence-corrected chi connectivity index (χ3v) is 2.96. The zero-order chi connectivity index (χ0) is 16.3. The van der Waals surface area contributed by atoms with Gasteiger partial charge in [-0.3, -0.25) is 4.79 Å². The average molecular weight is 367 g/mol. The van der Waals surface area contributed by atoms with E-state index in [0.29, 0.717) is 4.47 Å². The van der Waals surface area contributed by atoms with Crippen LogP contribution in [0.1, 0.15) is 32.8 Å². The van der Waals surface area contributed by atoms with E-state index in [4.69, 9.17) is 0 Å². The Morgan fingerprint density at radius 3 is 2.38 bits per heavy atom. The van der Waals surface area contributed by atoms with Gasteiger partial charge in [0.15, 0.2) is 0 Å². The summed E-state index contributed by atoms with van der Waals surface area (Å²) in [5, 5.41) is 5.41. The lowest BCUT2D eigenvalue weighted by Crippen LogP contribution is -2.41. The molecule has 118 valence electrons. The lowest BCUT2D eigenvalue weighted by atomic mass is 10.1. The van der Waals surface area contributed by atoms with Gasteiger partial charge >= 0.3 is 6.18 Å². The number of hydrogen-bond acceptors (Lipinski definition) is 2. The Morgan fingerprint density at radius 2 is 1.86 bits per heavy atom. The van der Waals surface area contributed by atoms with Crippen LogP contribution in [-0.4, -0.2) is 18.0 Å². The minimum atomic E-state index is -4.44. The highest BCUT2D eigenvalue weighted by Crippen LogP contribution is 2.36. The molecule has 0 aliphatic carbocycles. The highest BCUT2D eigenvalue weighted by atomic mass is 79.9. The molecule has 0 fully saturated rings. The fourth-order valence-corrected chi connectivity index (χ4v) is 2.06. The molecule has 3 nitrogen and oxygen atoms in total. The van der Waals surface area contributed by atoms with Crippen molar-refractivity contribution in [3.63, 3.8) is 0 Å². The summed E-state index contributed by atoms with van der Waals surface area (Å²) >= 11 is 3.02. The number of amides is 1. The van der Waals surface area contributed by atoms with Gasteiger partial charge in [0.05, 0.1) is 5.56 Å². The van der Waals surface area contributed by atoms with Crippen molar-refractivity contribution in [1.29, 1.82) is 0 Å². The van der Waals surface area contributed by atoms with Gasteiger partial charge in [0.25, 0.3) is 0 Å². The van der Waals surface area contributed by atoms with Crippen LogP contribution in [0.4, 0.5) is 18.9 Å². The van der Waals surface area contributed by atoms with E-state index in [0.717, 1.165) is 6.07 Å². The molecule has 2 N–H and O–H groups in total. The molecule has 0 aromatic heterocycles. The molecule has 0 saturated heterocycles. The van der Waals surface area contributed by atoms with E-state index in [1.54, 1.807) is 0 Å². The molecule has 0 atom stereocenters. The van der Waals surface area contributed by atoms with Crippen LogP contribution in [0.2, 0.25) is 0 Å². The van der Waals surface area contributed by atoms with E-state index in [1.807, 2.05) is 20.8 Å². The molecule has 7 heteroatoms. The summed E-state index contributed by atoms with van der Waals surface area (Å²) in [5.41, 5.74) is -1.14. The van der Waals surface area contributed by atoms with Crippen molar-refractivity contribution in [3.05, 3.63) is 28.2 Å². The Balaban J connectivity index is 2.66. The van der Waals surface area contributed by atoms with Crippen LogP contribution in [0.15, 0.2) is 22.7 Å². The van der Waals surface area contributed by atoms with Gasteiger partial charge in [-0.25, -0.2) is 0 Å². The highest BCUT2D eigenvalue weighted by Gasteiger charge is 2.33. The summed E-state index contributed by atoms with van der Waals surface area (Å²) in [6, 6.07) is 3.87. The molecule has 0 saturated carbocycles. The Bertz CT molecular complexity index is 510. The van der Waals surface area contributed by atoms with Crippen molar-refractivity contribution in [1.82, 2.24) is 5.32 Å². The molecule has 0 bridgehead atoms. The van der Waals surface area contributed by atoms with E-state index in [1.165, 1.54) is 12.1 Å². The largest absolute Gasteiger partial charge is 0.418 e. The molecule has 0 aliphatic heterocycles. The first-order valence-corrected chi connectivity index (χ1v) is 7.20. The summed E-state index contributed by atoms with van der Waals surface area (Å²) in [6.07, 6.45) is -4.34. The molecule has 1 rings (SSSR count). The second-order valence-electron chi connectivity index (χ2n) is 5.66. The Morgan fingerprint density at radius 1 is 1.24 bits per heavy atom. The zero-order valence-corrected chi connectivity index (χ0v) is 13.7. The number of benzene rings is 1. The predicted octanol–water partition coefficient (Wildman–Crippen LogP) is 4.18. The standard InChI is InChI=1S/C14H18BrF3N2O/c1-13(2,3)20-12(21)6-7-19-11-5-4-9(15)8-10(11)14(16,17)18/h4-5,8,19H,6-7H2,1-3H3,(H,20,21). The normalized spacial score (nSPS) is 12.1. The molecule has 1 amide bonds. The Kier molecular flexibility index (Phi) is 5.67. The Labute approximate surface area is 130 Å². The van der Waals surface area contributed by atoms with E-state index in [2.05, 4.69) is 26.6 Å². The quantitative estimate of drug-likeness (QED) is 0.838. The monoisotopic (exact) mass is 366 g/mol. The van der Waals surface area contributed by atoms with Crippen molar-refractivity contribution in [2.24, 2.45) is 0 Å². The van der Waals surface area contributed by atoms with Gasteiger partial charge in [0.1, 0.15) is 0 Å². The summed E-state index contributed by atoms with van der Waals surface area (Å²) in [7, 11) is 0. The third-order valence-electron chi connectivity index (χ3n) is 2.47. The topological polar surface area (TPSA) is 41.1 Å². The predicted molar refractivity (Wildman–Crippen MR) is 80.1 cm³/mol. The van der Waals surface area contributed by atoms with Crippen molar-refractivity contribution in [2.45, 2.75) is 38.9 Å². The van der Waals surface area contributed by atoms with Crippen molar-refractivity contribution in [3.8, 4) is 0 Å². The van der Waals surface area contributed by atoms with Crippen molar-refractivity contribution in [2.75, 3.05) is 11.9 Å². The van der Waals surface area contributed by atoms with Crippen molar-refractivity contribution < 1.29 is 18.0 Å². The number of rotatable bonds is 4. The fraction of sp³-hybridized carbons (Fsp3) is 0.500. The average Bonchev–Trinajstić information content (AvgIpc) is 2.27. The minimum Gasteiger partial charge on any atom is -0.384 e. The number of carbonyl (C=O) groups excluding carboxylic acids is 1. The number of anilines is 1. The number of alkyl halides is 3. The van der Waals surface area contributed by atoms with Gasteiger partial charge in [-0.1, -0.05) is 15.9 Å². The molecule has 21 heavy (non-hydrogen) atoms. The number of nitrogens with one attached hydrogen (secondary N) is 2. The van der Waals surface area contributed by atoms with E-state index in [9.17, 15) is 18.0 Å². The van der Waals surface area contributed by atoms with Gasteiger partial charge in [-0.05, 0) is 39.0 Å². The molecule has 0 spiro atoms. The second-order valence-corrected chi connectivity index (χ2v) is 6.58. The van der Waals surface area contributed by atoms with E-state index >= 15 is 0 Å².